The van der Waals surface area contributed by atoms with Gasteiger partial charge in [0, 0.05) is 20.8 Å². The van der Waals surface area contributed by atoms with Crippen LogP contribution in [0.2, 0.25) is 0 Å². The molecule has 0 aromatic heterocycles. The third kappa shape index (κ3) is 6.58. The van der Waals surface area contributed by atoms with E-state index in [4.69, 9.17) is 23.8 Å². The van der Waals surface area contributed by atoms with Crippen molar-refractivity contribution in [3.63, 3.8) is 0 Å². The molecule has 5 atom stereocenters. The van der Waals surface area contributed by atoms with Crippen LogP contribution >= 0.6 is 0 Å². The summed E-state index contributed by atoms with van der Waals surface area (Å²) in [4.78, 5) is 38.8. The molecule has 1 heterocycles. The second kappa shape index (κ2) is 9.66. The highest BCUT2D eigenvalue weighted by Crippen LogP contribution is 2.28. The molecule has 5 unspecified atom stereocenters. The minimum atomic E-state index is -1.12. The molecule has 0 spiro atoms. The van der Waals surface area contributed by atoms with Gasteiger partial charge in [-0.3, -0.25) is 14.4 Å². The van der Waals surface area contributed by atoms with Crippen LogP contribution < -0.4 is 5.48 Å². The molecule has 10 heteroatoms. The Kier molecular flexibility index (Phi) is 8.23. The molecule has 1 fully saturated rings. The third-order valence-electron chi connectivity index (χ3n) is 3.18. The first-order valence-electron chi connectivity index (χ1n) is 7.84. The van der Waals surface area contributed by atoms with Gasteiger partial charge in [0.2, 0.25) is 0 Å². The lowest BCUT2D eigenvalue weighted by Crippen LogP contribution is -2.66. The molecule has 0 aromatic rings. The number of rotatable bonds is 7. The minimum absolute atomic E-state index is 0.283. The summed E-state index contributed by atoms with van der Waals surface area (Å²) >= 11 is 0. The largest absolute Gasteiger partial charge is 0.456 e. The van der Waals surface area contributed by atoms with Crippen LogP contribution in [0.5, 0.6) is 0 Å². The maximum absolute atomic E-state index is 11.5. The molecule has 2 N–H and O–H groups in total. The van der Waals surface area contributed by atoms with Crippen LogP contribution in [0.15, 0.2) is 0 Å². The highest BCUT2D eigenvalue weighted by molar-refractivity contribution is 5.67. The van der Waals surface area contributed by atoms with Crippen molar-refractivity contribution in [2.45, 2.75) is 71.4 Å². The van der Waals surface area contributed by atoms with Crippen LogP contribution in [-0.2, 0) is 38.2 Å². The summed E-state index contributed by atoms with van der Waals surface area (Å²) in [6.45, 7) is 6.52. The van der Waals surface area contributed by atoms with Gasteiger partial charge in [0.15, 0.2) is 18.5 Å². The Balaban J connectivity index is 3.17. The maximum atomic E-state index is 11.5. The monoisotopic (exact) mass is 363 g/mol. The van der Waals surface area contributed by atoms with E-state index >= 15 is 0 Å². The molecule has 1 aliphatic heterocycles. The van der Waals surface area contributed by atoms with E-state index in [1.165, 1.54) is 20.8 Å². The fourth-order valence-corrected chi connectivity index (χ4v) is 2.38. The molecule has 25 heavy (non-hydrogen) atoms. The van der Waals surface area contributed by atoms with Crippen LogP contribution in [0.3, 0.4) is 0 Å². The molecule has 1 saturated heterocycles. The quantitative estimate of drug-likeness (QED) is 0.344. The van der Waals surface area contributed by atoms with Crippen LogP contribution in [0.1, 0.15) is 34.6 Å². The van der Waals surface area contributed by atoms with Crippen LogP contribution in [0, 0.1) is 0 Å². The summed E-state index contributed by atoms with van der Waals surface area (Å²) in [7, 11) is 0. The first-order valence-corrected chi connectivity index (χ1v) is 7.84. The molecule has 0 radical (unpaired) electrons. The topological polar surface area (TPSA) is 130 Å². The van der Waals surface area contributed by atoms with Gasteiger partial charge in [-0.05, 0) is 13.8 Å². The van der Waals surface area contributed by atoms with Gasteiger partial charge >= 0.3 is 17.9 Å². The number of carbonyl (C=O) groups is 3. The zero-order valence-electron chi connectivity index (χ0n) is 14.9. The zero-order valence-corrected chi connectivity index (χ0v) is 14.9. The second-order valence-electron chi connectivity index (χ2n) is 5.80. The fraction of sp³-hybridized carbons (Fsp3) is 0.800. The van der Waals surface area contributed by atoms with Gasteiger partial charge in [-0.15, -0.1) is 5.48 Å². The summed E-state index contributed by atoms with van der Waals surface area (Å²) in [5, 5.41) is 9.56. The predicted molar refractivity (Wildman–Crippen MR) is 81.8 cm³/mol. The molecular formula is C15H25NO9. The fourth-order valence-electron chi connectivity index (χ4n) is 2.38. The number of hydrogen-bond acceptors (Lipinski definition) is 10. The molecule has 1 aliphatic rings. The smallest absolute Gasteiger partial charge is 0.321 e. The van der Waals surface area contributed by atoms with Crippen molar-refractivity contribution in [3.8, 4) is 0 Å². The Bertz CT molecular complexity index is 482. The van der Waals surface area contributed by atoms with Crippen molar-refractivity contribution in [2.75, 3.05) is 6.61 Å². The number of esters is 2. The highest BCUT2D eigenvalue weighted by atomic mass is 16.7. The number of carbonyl (C=O) groups excluding carboxylic acids is 3. The van der Waals surface area contributed by atoms with Crippen LogP contribution in [0.4, 0.5) is 0 Å². The Morgan fingerprint density at radius 1 is 1.04 bits per heavy atom. The second-order valence-corrected chi connectivity index (χ2v) is 5.80. The number of nitrogens with one attached hydrogen (secondary N) is 1. The summed E-state index contributed by atoms with van der Waals surface area (Å²) in [6, 6.07) is -0.984. The standard InChI is InChI=1S/C15H25NO9/c1-7(2)21-15-12(16-25-10(5)20)14(23-9(4)19)13(22-8(3)18)11(6-17)24-15/h7,11-17H,6H2,1-5H3. The maximum Gasteiger partial charge on any atom is 0.321 e. The summed E-state index contributed by atoms with van der Waals surface area (Å²) < 4.78 is 21.7. The third-order valence-corrected chi connectivity index (χ3v) is 3.18. The van der Waals surface area contributed by atoms with Crippen molar-refractivity contribution >= 4 is 17.9 Å². The van der Waals surface area contributed by atoms with Gasteiger partial charge in [-0.25, -0.2) is 0 Å². The summed E-state index contributed by atoms with van der Waals surface area (Å²) in [5.74, 6) is -1.95. The molecule has 0 saturated carbocycles. The Hall–Kier alpha value is -1.75. The van der Waals surface area contributed by atoms with E-state index < -0.39 is 55.2 Å². The van der Waals surface area contributed by atoms with Crippen molar-refractivity contribution in [1.82, 2.24) is 5.48 Å². The van der Waals surface area contributed by atoms with E-state index in [1.54, 1.807) is 13.8 Å². The lowest BCUT2D eigenvalue weighted by Gasteiger charge is -2.44. The van der Waals surface area contributed by atoms with Gasteiger partial charge < -0.3 is 28.9 Å². The van der Waals surface area contributed by atoms with E-state index in [0.29, 0.717) is 0 Å². The lowest BCUT2D eigenvalue weighted by molar-refractivity contribution is -0.294. The Labute approximate surface area is 145 Å². The molecule has 1 rings (SSSR count). The average Bonchev–Trinajstić information content (AvgIpc) is 2.47. The van der Waals surface area contributed by atoms with Gasteiger partial charge in [0.25, 0.3) is 0 Å². The Morgan fingerprint density at radius 2 is 1.60 bits per heavy atom. The number of hydroxylamine groups is 1. The first-order chi connectivity index (χ1) is 11.6. The number of aliphatic hydroxyl groups is 1. The van der Waals surface area contributed by atoms with Crippen molar-refractivity contribution in [1.29, 1.82) is 0 Å². The zero-order chi connectivity index (χ0) is 19.1. The highest BCUT2D eigenvalue weighted by Gasteiger charge is 2.51. The lowest BCUT2D eigenvalue weighted by atomic mass is 9.96. The molecule has 0 aliphatic carbocycles. The van der Waals surface area contributed by atoms with E-state index in [0.717, 1.165) is 0 Å². The molecule has 10 nitrogen and oxygen atoms in total. The van der Waals surface area contributed by atoms with E-state index in [-0.39, 0.29) is 6.10 Å². The van der Waals surface area contributed by atoms with Crippen molar-refractivity contribution in [2.24, 2.45) is 0 Å². The first kappa shape index (κ1) is 21.3. The van der Waals surface area contributed by atoms with Crippen molar-refractivity contribution in [3.05, 3.63) is 0 Å². The van der Waals surface area contributed by atoms with Crippen LogP contribution in [0.25, 0.3) is 0 Å². The van der Waals surface area contributed by atoms with Gasteiger partial charge in [-0.1, -0.05) is 0 Å². The van der Waals surface area contributed by atoms with Gasteiger partial charge in [-0.2, -0.15) is 0 Å². The number of aliphatic hydroxyl groups excluding tert-OH is 1. The van der Waals surface area contributed by atoms with Gasteiger partial charge in [0.05, 0.1) is 12.7 Å². The molecule has 144 valence electrons. The normalized spacial score (nSPS) is 29.2. The molecule has 0 bridgehead atoms. The van der Waals surface area contributed by atoms with E-state index in [1.807, 2.05) is 0 Å². The van der Waals surface area contributed by atoms with E-state index in [2.05, 4.69) is 5.48 Å². The molecule has 0 aromatic carbocycles. The molecule has 0 amide bonds. The van der Waals surface area contributed by atoms with Gasteiger partial charge in [0.1, 0.15) is 12.1 Å². The summed E-state index contributed by atoms with van der Waals surface area (Å²) in [6.07, 6.45) is -4.55. The average molecular weight is 363 g/mol. The number of hydrogen-bond donors (Lipinski definition) is 2. The summed E-state index contributed by atoms with van der Waals surface area (Å²) in [5.41, 5.74) is 2.43. The minimum Gasteiger partial charge on any atom is -0.456 e. The SMILES string of the molecule is CC(=O)ONC1C(OC(C)C)OC(CO)C(OC(C)=O)C1OC(C)=O. The predicted octanol–water partition coefficient (Wildman–Crippen LogP) is -0.572. The molecular weight excluding hydrogens is 338 g/mol. The van der Waals surface area contributed by atoms with Crippen LogP contribution in [-0.4, -0.2) is 66.4 Å². The van der Waals surface area contributed by atoms with E-state index in [9.17, 15) is 19.5 Å². The number of ether oxygens (including phenoxy) is 4. The van der Waals surface area contributed by atoms with Crippen molar-refractivity contribution < 1.29 is 43.3 Å². The Morgan fingerprint density at radius 3 is 2.04 bits per heavy atom.